The lowest BCUT2D eigenvalue weighted by molar-refractivity contribution is 0.102. The van der Waals surface area contributed by atoms with E-state index in [9.17, 15) is 13.6 Å². The van der Waals surface area contributed by atoms with E-state index >= 15 is 0 Å². The monoisotopic (exact) mass is 360 g/mol. The van der Waals surface area contributed by atoms with E-state index in [0.29, 0.717) is 5.02 Å². The summed E-state index contributed by atoms with van der Waals surface area (Å²) in [5, 5.41) is 5.69. The number of anilines is 3. The minimum Gasteiger partial charge on any atom is -0.324 e. The van der Waals surface area contributed by atoms with Gasteiger partial charge in [0.15, 0.2) is 0 Å². The van der Waals surface area contributed by atoms with E-state index in [1.165, 1.54) is 18.5 Å². The quantitative estimate of drug-likeness (QED) is 0.723. The third kappa shape index (κ3) is 4.07. The number of benzene rings is 2. The summed E-state index contributed by atoms with van der Waals surface area (Å²) in [6.45, 7) is 0. The maximum Gasteiger partial charge on any atom is 0.258 e. The molecule has 0 saturated carbocycles. The summed E-state index contributed by atoms with van der Waals surface area (Å²) in [7, 11) is 0. The van der Waals surface area contributed by atoms with Crippen LogP contribution in [0.25, 0.3) is 0 Å². The van der Waals surface area contributed by atoms with Gasteiger partial charge >= 0.3 is 0 Å². The molecule has 2 aromatic carbocycles. The second-order valence-corrected chi connectivity index (χ2v) is 5.41. The molecule has 126 valence electrons. The number of hydrogen-bond acceptors (Lipinski definition) is 4. The lowest BCUT2D eigenvalue weighted by Gasteiger charge is -2.08. The molecule has 2 N–H and O–H groups in total. The number of nitrogens with zero attached hydrogens (tertiary/aromatic N) is 2. The van der Waals surface area contributed by atoms with Crippen molar-refractivity contribution in [2.45, 2.75) is 0 Å². The highest BCUT2D eigenvalue weighted by Crippen LogP contribution is 2.19. The van der Waals surface area contributed by atoms with Gasteiger partial charge in [0.05, 0.1) is 5.56 Å². The molecule has 0 fully saturated rings. The number of hydrogen-bond donors (Lipinski definition) is 2. The number of para-hydroxylation sites is 1. The van der Waals surface area contributed by atoms with Crippen molar-refractivity contribution in [3.05, 3.63) is 77.1 Å². The Morgan fingerprint density at radius 1 is 0.960 bits per heavy atom. The average molecular weight is 361 g/mol. The SMILES string of the molecule is O=C(Nc1c(F)cccc1F)c1cnc(Nc2ccc(Cl)cc2)nc1. The summed E-state index contributed by atoms with van der Waals surface area (Å²) in [6, 6.07) is 10.2. The van der Waals surface area contributed by atoms with Crippen LogP contribution in [0, 0.1) is 11.6 Å². The molecule has 0 bridgehead atoms. The fourth-order valence-electron chi connectivity index (χ4n) is 1.98. The summed E-state index contributed by atoms with van der Waals surface area (Å²) >= 11 is 5.80. The summed E-state index contributed by atoms with van der Waals surface area (Å²) in [5.41, 5.74) is 0.259. The highest BCUT2D eigenvalue weighted by atomic mass is 35.5. The van der Waals surface area contributed by atoms with E-state index in [0.717, 1.165) is 17.8 Å². The Morgan fingerprint density at radius 3 is 2.16 bits per heavy atom. The molecule has 0 unspecified atom stereocenters. The molecule has 25 heavy (non-hydrogen) atoms. The molecule has 0 saturated heterocycles. The molecule has 0 aliphatic rings. The van der Waals surface area contributed by atoms with Gasteiger partial charge in [-0.15, -0.1) is 0 Å². The normalized spacial score (nSPS) is 10.4. The van der Waals surface area contributed by atoms with E-state index in [1.54, 1.807) is 24.3 Å². The van der Waals surface area contributed by atoms with Crippen LogP contribution in [-0.4, -0.2) is 15.9 Å². The Kier molecular flexibility index (Phi) is 4.85. The molecule has 0 aliphatic carbocycles. The van der Waals surface area contributed by atoms with Gasteiger partial charge in [0, 0.05) is 23.1 Å². The zero-order chi connectivity index (χ0) is 17.8. The van der Waals surface area contributed by atoms with Crippen molar-refractivity contribution in [1.29, 1.82) is 0 Å². The Hall–Kier alpha value is -3.06. The van der Waals surface area contributed by atoms with Crippen LogP contribution in [0.15, 0.2) is 54.9 Å². The summed E-state index contributed by atoms with van der Waals surface area (Å²) < 4.78 is 27.1. The van der Waals surface area contributed by atoms with E-state index < -0.39 is 23.2 Å². The van der Waals surface area contributed by atoms with Crippen molar-refractivity contribution in [1.82, 2.24) is 9.97 Å². The second kappa shape index (κ2) is 7.23. The molecule has 1 aromatic heterocycles. The van der Waals surface area contributed by atoms with Crippen LogP contribution in [0.3, 0.4) is 0 Å². The van der Waals surface area contributed by atoms with Crippen molar-refractivity contribution in [3.63, 3.8) is 0 Å². The molecule has 3 aromatic rings. The Morgan fingerprint density at radius 2 is 1.56 bits per heavy atom. The van der Waals surface area contributed by atoms with Gasteiger partial charge in [0.25, 0.3) is 5.91 Å². The van der Waals surface area contributed by atoms with E-state index in [-0.39, 0.29) is 11.5 Å². The zero-order valence-corrected chi connectivity index (χ0v) is 13.4. The van der Waals surface area contributed by atoms with Gasteiger partial charge in [-0.05, 0) is 36.4 Å². The molecule has 0 spiro atoms. The topological polar surface area (TPSA) is 66.9 Å². The fourth-order valence-corrected chi connectivity index (χ4v) is 2.10. The van der Waals surface area contributed by atoms with Gasteiger partial charge in [0.1, 0.15) is 17.3 Å². The van der Waals surface area contributed by atoms with E-state index in [4.69, 9.17) is 11.6 Å². The highest BCUT2D eigenvalue weighted by Gasteiger charge is 2.14. The number of carbonyl (C=O) groups is 1. The van der Waals surface area contributed by atoms with Crippen molar-refractivity contribution >= 4 is 34.8 Å². The summed E-state index contributed by atoms with van der Waals surface area (Å²) in [5.74, 6) is -2.19. The van der Waals surface area contributed by atoms with Gasteiger partial charge in [-0.25, -0.2) is 18.7 Å². The third-order valence-corrected chi connectivity index (χ3v) is 3.47. The molecule has 1 amide bonds. The molecular weight excluding hydrogens is 350 g/mol. The molecule has 0 radical (unpaired) electrons. The van der Waals surface area contributed by atoms with Gasteiger partial charge in [-0.1, -0.05) is 17.7 Å². The largest absolute Gasteiger partial charge is 0.324 e. The lowest BCUT2D eigenvalue weighted by Crippen LogP contribution is -2.15. The van der Waals surface area contributed by atoms with Crippen LogP contribution in [0.4, 0.5) is 26.1 Å². The van der Waals surface area contributed by atoms with Gasteiger partial charge in [-0.3, -0.25) is 4.79 Å². The Labute approximate surface area is 146 Å². The van der Waals surface area contributed by atoms with Crippen LogP contribution in [0.5, 0.6) is 0 Å². The molecular formula is C17H11ClF2N4O. The average Bonchev–Trinajstić information content (AvgIpc) is 2.61. The Bertz CT molecular complexity index is 881. The number of halogens is 3. The molecule has 0 atom stereocenters. The third-order valence-electron chi connectivity index (χ3n) is 3.22. The van der Waals surface area contributed by atoms with Crippen LogP contribution in [0.1, 0.15) is 10.4 Å². The summed E-state index contributed by atoms with van der Waals surface area (Å²) in [4.78, 5) is 20.1. The fraction of sp³-hybridized carbons (Fsp3) is 0. The van der Waals surface area contributed by atoms with Crippen molar-refractivity contribution in [2.75, 3.05) is 10.6 Å². The molecule has 1 heterocycles. The Balaban J connectivity index is 1.71. The van der Waals surface area contributed by atoms with Crippen molar-refractivity contribution < 1.29 is 13.6 Å². The first-order chi connectivity index (χ1) is 12.0. The minimum atomic E-state index is -0.865. The molecule has 5 nitrogen and oxygen atoms in total. The van der Waals surface area contributed by atoms with Crippen molar-refractivity contribution in [2.24, 2.45) is 0 Å². The predicted octanol–water partition coefficient (Wildman–Crippen LogP) is 4.40. The standard InChI is InChI=1S/C17H11ClF2N4O/c18-11-4-6-12(7-5-11)23-17-21-8-10(9-22-17)16(25)24-15-13(19)2-1-3-14(15)20/h1-9H,(H,24,25)(H,21,22,23). The van der Waals surface area contributed by atoms with E-state index in [2.05, 4.69) is 20.6 Å². The molecule has 8 heteroatoms. The van der Waals surface area contributed by atoms with Crippen LogP contribution in [-0.2, 0) is 0 Å². The number of rotatable bonds is 4. The van der Waals surface area contributed by atoms with Crippen LogP contribution in [0.2, 0.25) is 5.02 Å². The first-order valence-electron chi connectivity index (χ1n) is 7.13. The number of amides is 1. The predicted molar refractivity (Wildman–Crippen MR) is 91.1 cm³/mol. The highest BCUT2D eigenvalue weighted by molar-refractivity contribution is 6.30. The smallest absolute Gasteiger partial charge is 0.258 e. The lowest BCUT2D eigenvalue weighted by atomic mass is 10.2. The van der Waals surface area contributed by atoms with Gasteiger partial charge in [0.2, 0.25) is 5.95 Å². The van der Waals surface area contributed by atoms with Crippen LogP contribution < -0.4 is 10.6 Å². The molecule has 0 aliphatic heterocycles. The maximum absolute atomic E-state index is 13.6. The number of aromatic nitrogens is 2. The van der Waals surface area contributed by atoms with Crippen molar-refractivity contribution in [3.8, 4) is 0 Å². The summed E-state index contributed by atoms with van der Waals surface area (Å²) in [6.07, 6.45) is 2.50. The van der Waals surface area contributed by atoms with Crippen LogP contribution >= 0.6 is 11.6 Å². The minimum absolute atomic E-state index is 0.0595. The first-order valence-corrected chi connectivity index (χ1v) is 7.51. The zero-order valence-electron chi connectivity index (χ0n) is 12.6. The molecule has 3 rings (SSSR count). The number of carbonyl (C=O) groups excluding carboxylic acids is 1. The first kappa shape index (κ1) is 16.8. The number of nitrogens with one attached hydrogen (secondary N) is 2. The second-order valence-electron chi connectivity index (χ2n) is 4.98. The maximum atomic E-state index is 13.6. The van der Waals surface area contributed by atoms with E-state index in [1.807, 2.05) is 0 Å². The van der Waals surface area contributed by atoms with Gasteiger partial charge in [-0.2, -0.15) is 0 Å². The van der Waals surface area contributed by atoms with Gasteiger partial charge < -0.3 is 10.6 Å².